The molecule has 1 aromatic carbocycles. The lowest BCUT2D eigenvalue weighted by molar-refractivity contribution is -0.119. The fourth-order valence-corrected chi connectivity index (χ4v) is 4.13. The average molecular weight is 422 g/mol. The van der Waals surface area contributed by atoms with E-state index in [2.05, 4.69) is 24.1 Å². The van der Waals surface area contributed by atoms with Gasteiger partial charge in [-0.15, -0.1) is 0 Å². The molecular weight excluding hydrogens is 394 g/mol. The van der Waals surface area contributed by atoms with E-state index in [4.69, 9.17) is 0 Å². The minimum Gasteiger partial charge on any atom is -0.349 e. The van der Waals surface area contributed by atoms with Gasteiger partial charge in [-0.1, -0.05) is 55.9 Å². The van der Waals surface area contributed by atoms with E-state index in [1.807, 2.05) is 30.3 Å². The molecule has 2 rings (SSSR count). The van der Waals surface area contributed by atoms with Crippen molar-refractivity contribution in [2.45, 2.75) is 36.2 Å². The number of thioether (sulfide) groups is 1. The van der Waals surface area contributed by atoms with Crippen LogP contribution in [0.25, 0.3) is 0 Å². The van der Waals surface area contributed by atoms with Gasteiger partial charge < -0.3 is 5.32 Å². The van der Waals surface area contributed by atoms with E-state index >= 15 is 0 Å². The highest BCUT2D eigenvalue weighted by Gasteiger charge is 2.18. The van der Waals surface area contributed by atoms with Gasteiger partial charge in [-0.3, -0.25) is 4.79 Å². The molecule has 0 aliphatic heterocycles. The highest BCUT2D eigenvalue weighted by atomic mass is 32.2. The molecule has 8 heteroatoms. The lowest BCUT2D eigenvalue weighted by Gasteiger charge is -2.21. The largest absolute Gasteiger partial charge is 0.349 e. The second-order valence-electron chi connectivity index (χ2n) is 7.07. The Bertz CT molecular complexity index is 867. The van der Waals surface area contributed by atoms with Crippen LogP contribution in [-0.4, -0.2) is 43.5 Å². The number of hydrogen-bond acceptors (Lipinski definition) is 5. The molecule has 6 nitrogen and oxygen atoms in total. The Morgan fingerprint density at radius 1 is 1.14 bits per heavy atom. The fourth-order valence-electron chi connectivity index (χ4n) is 2.63. The highest BCUT2D eigenvalue weighted by Crippen LogP contribution is 2.22. The topological polar surface area (TPSA) is 79.4 Å². The lowest BCUT2D eigenvalue weighted by atomic mass is 9.97. The molecule has 1 aromatic heterocycles. The Kier molecular flexibility index (Phi) is 8.03. The minimum atomic E-state index is -3.50. The molecule has 152 valence electrons. The Morgan fingerprint density at radius 2 is 1.82 bits per heavy atom. The van der Waals surface area contributed by atoms with E-state index in [-0.39, 0.29) is 22.6 Å². The number of carbonyl (C=O) groups excluding carboxylic acids is 1. The summed E-state index contributed by atoms with van der Waals surface area (Å²) < 4.78 is 25.3. The zero-order valence-electron chi connectivity index (χ0n) is 16.6. The zero-order chi connectivity index (χ0) is 20.7. The van der Waals surface area contributed by atoms with Crippen LogP contribution in [0, 0.1) is 5.92 Å². The van der Waals surface area contributed by atoms with Gasteiger partial charge in [0.15, 0.2) is 0 Å². The van der Waals surface area contributed by atoms with Gasteiger partial charge in [0.2, 0.25) is 15.9 Å². The standard InChI is InChI=1S/C20H27N3O3S2/c1-15(2)12-18(16-8-6-5-7-9-16)22-19(24)14-27-20-11-10-17(13-21-20)28(25,26)23(3)4/h5-11,13,15,18H,12,14H2,1-4H3,(H,22,24)/t18-/m1/s1. The van der Waals surface area contributed by atoms with Gasteiger partial charge in [0, 0.05) is 20.3 Å². The number of hydrogen-bond donors (Lipinski definition) is 1. The molecule has 0 aliphatic carbocycles. The molecule has 0 radical (unpaired) electrons. The molecule has 0 fully saturated rings. The molecule has 1 heterocycles. The first-order chi connectivity index (χ1) is 13.2. The van der Waals surface area contributed by atoms with Crippen LogP contribution in [0.2, 0.25) is 0 Å². The van der Waals surface area contributed by atoms with Gasteiger partial charge in [-0.2, -0.15) is 0 Å². The SMILES string of the molecule is CC(C)C[C@@H](NC(=O)CSc1ccc(S(=O)(=O)N(C)C)cn1)c1ccccc1. The van der Waals surface area contributed by atoms with Crippen molar-refractivity contribution in [2.24, 2.45) is 5.92 Å². The Morgan fingerprint density at radius 3 is 2.36 bits per heavy atom. The van der Waals surface area contributed by atoms with Crippen LogP contribution < -0.4 is 5.32 Å². The lowest BCUT2D eigenvalue weighted by Crippen LogP contribution is -2.30. The van der Waals surface area contributed by atoms with Crippen molar-refractivity contribution in [3.8, 4) is 0 Å². The number of benzene rings is 1. The quantitative estimate of drug-likeness (QED) is 0.628. The summed E-state index contributed by atoms with van der Waals surface area (Å²) in [4.78, 5) is 16.7. The second kappa shape index (κ2) is 10.0. The summed E-state index contributed by atoms with van der Waals surface area (Å²) in [5.41, 5.74) is 1.09. The van der Waals surface area contributed by atoms with Crippen LogP contribution in [0.4, 0.5) is 0 Å². The molecular formula is C20H27N3O3S2. The average Bonchev–Trinajstić information content (AvgIpc) is 2.66. The maximum absolute atomic E-state index is 12.4. The Balaban J connectivity index is 1.97. The van der Waals surface area contributed by atoms with E-state index in [0.29, 0.717) is 10.9 Å². The van der Waals surface area contributed by atoms with Crippen LogP contribution in [0.15, 0.2) is 58.6 Å². The van der Waals surface area contributed by atoms with Gasteiger partial charge in [0.05, 0.1) is 16.8 Å². The van der Waals surface area contributed by atoms with Crippen molar-refractivity contribution in [1.82, 2.24) is 14.6 Å². The predicted octanol–water partition coefficient (Wildman–Crippen LogP) is 3.33. The van der Waals surface area contributed by atoms with Crippen molar-refractivity contribution in [3.05, 3.63) is 54.2 Å². The van der Waals surface area contributed by atoms with Crippen molar-refractivity contribution in [1.29, 1.82) is 0 Å². The molecule has 1 atom stereocenters. The third kappa shape index (κ3) is 6.32. The van der Waals surface area contributed by atoms with Crippen LogP contribution in [0.5, 0.6) is 0 Å². The first-order valence-electron chi connectivity index (χ1n) is 9.06. The molecule has 1 amide bonds. The third-order valence-electron chi connectivity index (χ3n) is 4.08. The van der Waals surface area contributed by atoms with Crippen molar-refractivity contribution in [2.75, 3.05) is 19.8 Å². The molecule has 0 unspecified atom stereocenters. The van der Waals surface area contributed by atoms with Gasteiger partial charge in [-0.05, 0) is 30.0 Å². The molecule has 1 N–H and O–H groups in total. The van der Waals surface area contributed by atoms with Crippen molar-refractivity contribution >= 4 is 27.7 Å². The van der Waals surface area contributed by atoms with Crippen LogP contribution in [-0.2, 0) is 14.8 Å². The molecule has 0 bridgehead atoms. The Hall–Kier alpha value is -1.90. The summed E-state index contributed by atoms with van der Waals surface area (Å²) >= 11 is 1.28. The second-order valence-corrected chi connectivity index (χ2v) is 10.2. The van der Waals surface area contributed by atoms with E-state index in [9.17, 15) is 13.2 Å². The van der Waals surface area contributed by atoms with Crippen LogP contribution in [0.1, 0.15) is 31.9 Å². The molecule has 0 saturated heterocycles. The summed E-state index contributed by atoms with van der Waals surface area (Å²) in [6.07, 6.45) is 2.18. The minimum absolute atomic E-state index is 0.0325. The summed E-state index contributed by atoms with van der Waals surface area (Å²) in [5.74, 6) is 0.589. The number of rotatable bonds is 9. The Labute approximate surface area is 171 Å². The van der Waals surface area contributed by atoms with E-state index in [1.54, 1.807) is 6.07 Å². The zero-order valence-corrected chi connectivity index (χ0v) is 18.3. The van der Waals surface area contributed by atoms with Crippen LogP contribution in [0.3, 0.4) is 0 Å². The van der Waals surface area contributed by atoms with Gasteiger partial charge in [0.25, 0.3) is 0 Å². The fraction of sp³-hybridized carbons (Fsp3) is 0.400. The molecule has 2 aromatic rings. The summed E-state index contributed by atoms with van der Waals surface area (Å²) in [6.45, 7) is 4.26. The van der Waals surface area contributed by atoms with Gasteiger partial charge in [-0.25, -0.2) is 17.7 Å². The molecule has 28 heavy (non-hydrogen) atoms. The maximum atomic E-state index is 12.4. The monoisotopic (exact) mass is 421 g/mol. The maximum Gasteiger partial charge on any atom is 0.244 e. The number of pyridine rings is 1. The number of sulfonamides is 1. The normalized spacial score (nSPS) is 12.9. The highest BCUT2D eigenvalue weighted by molar-refractivity contribution is 7.99. The van der Waals surface area contributed by atoms with E-state index < -0.39 is 10.0 Å². The predicted molar refractivity (Wildman–Crippen MR) is 113 cm³/mol. The van der Waals surface area contributed by atoms with Gasteiger partial charge >= 0.3 is 0 Å². The summed E-state index contributed by atoms with van der Waals surface area (Å²) in [7, 11) is -0.551. The first kappa shape index (κ1) is 22.4. The van der Waals surface area contributed by atoms with Crippen molar-refractivity contribution in [3.63, 3.8) is 0 Å². The summed E-state index contributed by atoms with van der Waals surface area (Å²) in [6, 6.07) is 13.0. The number of aromatic nitrogens is 1. The van der Waals surface area contributed by atoms with Crippen molar-refractivity contribution < 1.29 is 13.2 Å². The smallest absolute Gasteiger partial charge is 0.244 e. The number of amides is 1. The number of carbonyl (C=O) groups is 1. The van der Waals surface area contributed by atoms with E-state index in [1.165, 1.54) is 38.1 Å². The first-order valence-corrected chi connectivity index (χ1v) is 11.5. The third-order valence-corrected chi connectivity index (χ3v) is 6.83. The van der Waals surface area contributed by atoms with Gasteiger partial charge in [0.1, 0.15) is 4.90 Å². The van der Waals surface area contributed by atoms with Crippen LogP contribution >= 0.6 is 11.8 Å². The summed E-state index contributed by atoms with van der Waals surface area (Å²) in [5, 5.41) is 3.70. The number of nitrogens with zero attached hydrogens (tertiary/aromatic N) is 2. The van der Waals surface area contributed by atoms with E-state index in [0.717, 1.165) is 16.3 Å². The molecule has 0 aliphatic rings. The number of nitrogens with one attached hydrogen (secondary N) is 1. The molecule has 0 spiro atoms. The molecule has 0 saturated carbocycles.